The SMILES string of the molecule is CN(Cc1cccc2c1NCC2)C1CCOC(c2ccc(F)cc2)C1.Cl. The molecule has 2 aliphatic heterocycles. The number of benzene rings is 2. The van der Waals surface area contributed by atoms with Crippen molar-refractivity contribution in [3.05, 3.63) is 65.0 Å². The molecule has 4 rings (SSSR count). The van der Waals surface area contributed by atoms with Crippen LogP contribution in [0.15, 0.2) is 42.5 Å². The molecule has 0 radical (unpaired) electrons. The summed E-state index contributed by atoms with van der Waals surface area (Å²) in [6, 6.07) is 13.8. The van der Waals surface area contributed by atoms with Crippen LogP contribution in [0.3, 0.4) is 0 Å². The molecule has 2 unspecified atom stereocenters. The van der Waals surface area contributed by atoms with Crippen LogP contribution in [-0.2, 0) is 17.7 Å². The molecular weight excluding hydrogens is 351 g/mol. The van der Waals surface area contributed by atoms with Crippen molar-refractivity contribution in [2.75, 3.05) is 25.5 Å². The standard InChI is InChI=1S/C21H25FN2O.ClH/c1-24(14-17-4-2-3-16-9-11-23-21(16)17)19-10-12-25-20(13-19)15-5-7-18(22)8-6-15;/h2-8,19-20,23H,9-14H2,1H3;1H. The predicted molar refractivity (Wildman–Crippen MR) is 105 cm³/mol. The third-order valence-corrected chi connectivity index (χ3v) is 5.47. The Labute approximate surface area is 161 Å². The summed E-state index contributed by atoms with van der Waals surface area (Å²) in [6.45, 7) is 2.74. The van der Waals surface area contributed by atoms with Gasteiger partial charge in [-0.3, -0.25) is 4.90 Å². The van der Waals surface area contributed by atoms with Crippen molar-refractivity contribution in [2.24, 2.45) is 0 Å². The number of hydrogen-bond acceptors (Lipinski definition) is 3. The number of halogens is 2. The van der Waals surface area contributed by atoms with Crippen LogP contribution in [0.4, 0.5) is 10.1 Å². The van der Waals surface area contributed by atoms with Gasteiger partial charge in [0.05, 0.1) is 6.10 Å². The molecule has 1 N–H and O–H groups in total. The fourth-order valence-corrected chi connectivity index (χ4v) is 4.03. The van der Waals surface area contributed by atoms with Gasteiger partial charge in [0, 0.05) is 31.4 Å². The summed E-state index contributed by atoms with van der Waals surface area (Å²) < 4.78 is 19.1. The van der Waals surface area contributed by atoms with E-state index in [0.29, 0.717) is 6.04 Å². The molecule has 2 aromatic rings. The Balaban J connectivity index is 0.00000196. The number of nitrogens with zero attached hydrogens (tertiary/aromatic N) is 1. The van der Waals surface area contributed by atoms with Crippen LogP contribution in [0.5, 0.6) is 0 Å². The molecule has 140 valence electrons. The zero-order valence-corrected chi connectivity index (χ0v) is 15.9. The Morgan fingerprint density at radius 2 is 2.00 bits per heavy atom. The summed E-state index contributed by atoms with van der Waals surface area (Å²) >= 11 is 0. The van der Waals surface area contributed by atoms with Gasteiger partial charge in [-0.25, -0.2) is 4.39 Å². The first kappa shape index (κ1) is 19.2. The molecule has 5 heteroatoms. The van der Waals surface area contributed by atoms with Crippen molar-refractivity contribution >= 4 is 18.1 Å². The van der Waals surface area contributed by atoms with Crippen LogP contribution in [-0.4, -0.2) is 31.1 Å². The molecule has 2 heterocycles. The van der Waals surface area contributed by atoms with E-state index < -0.39 is 0 Å². The minimum atomic E-state index is -0.196. The molecule has 0 aromatic heterocycles. The molecule has 0 amide bonds. The van der Waals surface area contributed by atoms with Crippen molar-refractivity contribution in [2.45, 2.75) is 38.0 Å². The molecule has 1 fully saturated rings. The van der Waals surface area contributed by atoms with E-state index in [1.165, 1.54) is 28.9 Å². The second kappa shape index (κ2) is 8.38. The predicted octanol–water partition coefficient (Wildman–Crippen LogP) is 4.57. The van der Waals surface area contributed by atoms with E-state index in [1.54, 1.807) is 0 Å². The minimum Gasteiger partial charge on any atom is -0.384 e. The Kier molecular flexibility index (Phi) is 6.17. The fourth-order valence-electron chi connectivity index (χ4n) is 4.03. The van der Waals surface area contributed by atoms with E-state index in [0.717, 1.165) is 44.5 Å². The van der Waals surface area contributed by atoms with Gasteiger partial charge in [-0.2, -0.15) is 0 Å². The van der Waals surface area contributed by atoms with E-state index >= 15 is 0 Å². The number of ether oxygens (including phenoxy) is 1. The Morgan fingerprint density at radius 1 is 1.19 bits per heavy atom. The van der Waals surface area contributed by atoms with Crippen LogP contribution in [0.1, 0.15) is 35.6 Å². The first-order chi connectivity index (χ1) is 12.2. The van der Waals surface area contributed by atoms with Gasteiger partial charge in [-0.05, 0) is 55.1 Å². The normalized spacial score (nSPS) is 21.8. The van der Waals surface area contributed by atoms with Crippen LogP contribution in [0.2, 0.25) is 0 Å². The molecule has 3 nitrogen and oxygen atoms in total. The van der Waals surface area contributed by atoms with Crippen LogP contribution >= 0.6 is 12.4 Å². The van der Waals surface area contributed by atoms with E-state index in [2.05, 4.69) is 35.5 Å². The summed E-state index contributed by atoms with van der Waals surface area (Å²) in [7, 11) is 2.20. The maximum absolute atomic E-state index is 13.2. The van der Waals surface area contributed by atoms with Gasteiger partial charge in [0.15, 0.2) is 0 Å². The second-order valence-electron chi connectivity index (χ2n) is 7.13. The van der Waals surface area contributed by atoms with Gasteiger partial charge < -0.3 is 10.1 Å². The largest absolute Gasteiger partial charge is 0.384 e. The lowest BCUT2D eigenvalue weighted by Crippen LogP contribution is -2.37. The lowest BCUT2D eigenvalue weighted by Gasteiger charge is -2.36. The molecule has 2 aliphatic rings. The van der Waals surface area contributed by atoms with Crippen molar-refractivity contribution < 1.29 is 9.13 Å². The number of para-hydroxylation sites is 1. The number of rotatable bonds is 4. The van der Waals surface area contributed by atoms with E-state index in [1.807, 2.05) is 12.1 Å². The zero-order chi connectivity index (χ0) is 17.2. The number of anilines is 1. The highest BCUT2D eigenvalue weighted by Crippen LogP contribution is 2.32. The van der Waals surface area contributed by atoms with Gasteiger partial charge >= 0.3 is 0 Å². The smallest absolute Gasteiger partial charge is 0.123 e. The molecule has 0 saturated carbocycles. The average Bonchev–Trinajstić information content (AvgIpc) is 3.12. The lowest BCUT2D eigenvalue weighted by molar-refractivity contribution is -0.0249. The summed E-state index contributed by atoms with van der Waals surface area (Å²) in [5.41, 5.74) is 5.21. The minimum absolute atomic E-state index is 0. The topological polar surface area (TPSA) is 24.5 Å². The molecular formula is C21H26ClFN2O. The summed E-state index contributed by atoms with van der Waals surface area (Å²) in [6.07, 6.45) is 3.17. The maximum Gasteiger partial charge on any atom is 0.123 e. The number of fused-ring (bicyclic) bond motifs is 1. The average molecular weight is 377 g/mol. The maximum atomic E-state index is 13.2. The first-order valence-corrected chi connectivity index (χ1v) is 9.12. The second-order valence-corrected chi connectivity index (χ2v) is 7.13. The van der Waals surface area contributed by atoms with Crippen LogP contribution in [0, 0.1) is 5.82 Å². The van der Waals surface area contributed by atoms with Crippen molar-refractivity contribution in [3.63, 3.8) is 0 Å². The molecule has 1 saturated heterocycles. The third-order valence-electron chi connectivity index (χ3n) is 5.47. The quantitative estimate of drug-likeness (QED) is 0.846. The van der Waals surface area contributed by atoms with Crippen molar-refractivity contribution in [3.8, 4) is 0 Å². The molecule has 0 aliphatic carbocycles. The van der Waals surface area contributed by atoms with Crippen molar-refractivity contribution in [1.82, 2.24) is 4.90 Å². The van der Waals surface area contributed by atoms with Gasteiger partial charge in [0.25, 0.3) is 0 Å². The molecule has 0 bridgehead atoms. The Morgan fingerprint density at radius 3 is 2.81 bits per heavy atom. The molecule has 0 spiro atoms. The summed E-state index contributed by atoms with van der Waals surface area (Å²) in [5, 5.41) is 3.53. The molecule has 26 heavy (non-hydrogen) atoms. The highest BCUT2D eigenvalue weighted by atomic mass is 35.5. The van der Waals surface area contributed by atoms with Crippen LogP contribution < -0.4 is 5.32 Å². The van der Waals surface area contributed by atoms with E-state index in [9.17, 15) is 4.39 Å². The number of nitrogens with one attached hydrogen (secondary N) is 1. The molecule has 2 aromatic carbocycles. The van der Waals surface area contributed by atoms with Gasteiger partial charge in [-0.15, -0.1) is 12.4 Å². The van der Waals surface area contributed by atoms with Gasteiger partial charge in [0.2, 0.25) is 0 Å². The van der Waals surface area contributed by atoms with Crippen LogP contribution in [0.25, 0.3) is 0 Å². The molecule has 2 atom stereocenters. The Bertz CT molecular complexity index is 737. The van der Waals surface area contributed by atoms with E-state index in [-0.39, 0.29) is 24.3 Å². The highest BCUT2D eigenvalue weighted by Gasteiger charge is 2.27. The fraction of sp³-hybridized carbons (Fsp3) is 0.429. The zero-order valence-electron chi connectivity index (χ0n) is 15.1. The lowest BCUT2D eigenvalue weighted by atomic mass is 9.96. The summed E-state index contributed by atoms with van der Waals surface area (Å²) in [4.78, 5) is 2.44. The number of hydrogen-bond donors (Lipinski definition) is 1. The van der Waals surface area contributed by atoms with E-state index in [4.69, 9.17) is 4.74 Å². The monoisotopic (exact) mass is 376 g/mol. The third kappa shape index (κ3) is 4.03. The highest BCUT2D eigenvalue weighted by molar-refractivity contribution is 5.85. The van der Waals surface area contributed by atoms with Gasteiger partial charge in [-0.1, -0.05) is 30.3 Å². The first-order valence-electron chi connectivity index (χ1n) is 9.12. The van der Waals surface area contributed by atoms with Crippen molar-refractivity contribution in [1.29, 1.82) is 0 Å². The summed E-state index contributed by atoms with van der Waals surface area (Å²) in [5.74, 6) is -0.196. The Hall–Kier alpha value is -1.62. The van der Waals surface area contributed by atoms with Gasteiger partial charge in [0.1, 0.15) is 5.82 Å².